The SMILES string of the molecule is N[C@H]1CCOc2c(F)cc(F)cc21. The van der Waals surface area contributed by atoms with Crippen molar-refractivity contribution >= 4 is 0 Å². The van der Waals surface area contributed by atoms with Gasteiger partial charge in [0.1, 0.15) is 5.82 Å². The van der Waals surface area contributed by atoms with Crippen molar-refractivity contribution in [3.05, 3.63) is 29.3 Å². The van der Waals surface area contributed by atoms with Gasteiger partial charge in [-0.1, -0.05) is 0 Å². The Morgan fingerprint density at radius 2 is 2.15 bits per heavy atom. The number of halogens is 2. The fraction of sp³-hybridized carbons (Fsp3) is 0.333. The Hall–Kier alpha value is -1.16. The van der Waals surface area contributed by atoms with Gasteiger partial charge in [-0.2, -0.15) is 0 Å². The van der Waals surface area contributed by atoms with Crippen molar-refractivity contribution in [1.29, 1.82) is 0 Å². The van der Waals surface area contributed by atoms with Crippen LogP contribution in [0.5, 0.6) is 5.75 Å². The van der Waals surface area contributed by atoms with Gasteiger partial charge in [0.15, 0.2) is 11.6 Å². The molecule has 0 bridgehead atoms. The molecular weight excluding hydrogens is 176 g/mol. The third-order valence-electron chi connectivity index (χ3n) is 2.11. The van der Waals surface area contributed by atoms with E-state index < -0.39 is 11.6 Å². The lowest BCUT2D eigenvalue weighted by Crippen LogP contribution is -2.21. The predicted molar refractivity (Wildman–Crippen MR) is 43.4 cm³/mol. The quantitative estimate of drug-likeness (QED) is 0.668. The van der Waals surface area contributed by atoms with Crippen LogP contribution in [0.1, 0.15) is 18.0 Å². The van der Waals surface area contributed by atoms with Crippen LogP contribution in [-0.2, 0) is 0 Å². The van der Waals surface area contributed by atoms with Gasteiger partial charge in [0, 0.05) is 24.1 Å². The molecule has 2 rings (SSSR count). The molecule has 0 radical (unpaired) electrons. The first kappa shape index (κ1) is 8.44. The fourth-order valence-electron chi connectivity index (χ4n) is 1.45. The van der Waals surface area contributed by atoms with E-state index in [1.807, 2.05) is 0 Å². The van der Waals surface area contributed by atoms with Crippen molar-refractivity contribution in [2.45, 2.75) is 12.5 Å². The summed E-state index contributed by atoms with van der Waals surface area (Å²) in [5.41, 5.74) is 6.09. The fourth-order valence-corrected chi connectivity index (χ4v) is 1.45. The van der Waals surface area contributed by atoms with Crippen molar-refractivity contribution in [1.82, 2.24) is 0 Å². The Kier molecular flexibility index (Phi) is 1.92. The second-order valence-corrected chi connectivity index (χ2v) is 3.05. The van der Waals surface area contributed by atoms with E-state index in [0.29, 0.717) is 18.6 Å². The Balaban J connectivity index is 2.56. The summed E-state index contributed by atoms with van der Waals surface area (Å²) < 4.78 is 30.9. The monoisotopic (exact) mass is 185 g/mol. The van der Waals surface area contributed by atoms with Crippen LogP contribution in [-0.4, -0.2) is 6.61 Å². The Bertz CT molecular complexity index is 341. The molecule has 1 heterocycles. The summed E-state index contributed by atoms with van der Waals surface area (Å²) in [6.45, 7) is 0.386. The van der Waals surface area contributed by atoms with Gasteiger partial charge >= 0.3 is 0 Å². The summed E-state index contributed by atoms with van der Waals surface area (Å²) in [6.07, 6.45) is 0.593. The van der Waals surface area contributed by atoms with Gasteiger partial charge in [-0.25, -0.2) is 8.78 Å². The topological polar surface area (TPSA) is 35.2 Å². The molecule has 4 heteroatoms. The van der Waals surface area contributed by atoms with Gasteiger partial charge < -0.3 is 10.5 Å². The maximum atomic E-state index is 13.1. The zero-order valence-electron chi connectivity index (χ0n) is 6.89. The average Bonchev–Trinajstić information content (AvgIpc) is 2.07. The van der Waals surface area contributed by atoms with E-state index in [4.69, 9.17) is 10.5 Å². The van der Waals surface area contributed by atoms with Gasteiger partial charge in [0.25, 0.3) is 0 Å². The van der Waals surface area contributed by atoms with Gasteiger partial charge in [0.05, 0.1) is 6.61 Å². The van der Waals surface area contributed by atoms with Crippen LogP contribution in [0.2, 0.25) is 0 Å². The molecule has 0 saturated carbocycles. The number of fused-ring (bicyclic) bond motifs is 1. The van der Waals surface area contributed by atoms with E-state index in [2.05, 4.69) is 0 Å². The highest BCUT2D eigenvalue weighted by atomic mass is 19.1. The summed E-state index contributed by atoms with van der Waals surface area (Å²) in [6, 6.07) is 1.70. The van der Waals surface area contributed by atoms with E-state index >= 15 is 0 Å². The Morgan fingerprint density at radius 1 is 1.38 bits per heavy atom. The minimum absolute atomic E-state index is 0.0974. The molecule has 0 aromatic heterocycles. The normalized spacial score (nSPS) is 20.7. The molecule has 1 aliphatic heterocycles. The molecule has 2 N–H and O–H groups in total. The molecule has 1 atom stereocenters. The van der Waals surface area contributed by atoms with Crippen LogP contribution in [0.3, 0.4) is 0 Å². The van der Waals surface area contributed by atoms with E-state index in [1.165, 1.54) is 6.07 Å². The Morgan fingerprint density at radius 3 is 2.92 bits per heavy atom. The van der Waals surface area contributed by atoms with Gasteiger partial charge in [-0.15, -0.1) is 0 Å². The molecule has 0 fully saturated rings. The molecule has 0 spiro atoms. The highest BCUT2D eigenvalue weighted by molar-refractivity contribution is 5.39. The third-order valence-corrected chi connectivity index (χ3v) is 2.11. The Labute approximate surface area is 74.3 Å². The lowest BCUT2D eigenvalue weighted by Gasteiger charge is -2.23. The summed E-state index contributed by atoms with van der Waals surface area (Å²) in [5.74, 6) is -1.19. The van der Waals surface area contributed by atoms with Crippen molar-refractivity contribution < 1.29 is 13.5 Å². The van der Waals surface area contributed by atoms with Crippen LogP contribution >= 0.6 is 0 Å². The maximum absolute atomic E-state index is 13.1. The molecule has 1 aromatic rings. The standard InChI is InChI=1S/C9H9F2NO/c10-5-3-6-8(12)1-2-13-9(6)7(11)4-5/h3-4,8H,1-2,12H2/t8-/m0/s1. The first-order chi connectivity index (χ1) is 6.18. The average molecular weight is 185 g/mol. The van der Waals surface area contributed by atoms with Crippen molar-refractivity contribution in [3.63, 3.8) is 0 Å². The van der Waals surface area contributed by atoms with Crippen molar-refractivity contribution in [3.8, 4) is 5.75 Å². The maximum Gasteiger partial charge on any atom is 0.168 e. The van der Waals surface area contributed by atoms with Crippen LogP contribution < -0.4 is 10.5 Å². The first-order valence-corrected chi connectivity index (χ1v) is 4.06. The molecule has 1 aromatic carbocycles. The minimum atomic E-state index is -0.676. The van der Waals surface area contributed by atoms with Gasteiger partial charge in [-0.05, 0) is 6.07 Å². The molecule has 0 aliphatic carbocycles. The number of nitrogens with two attached hydrogens (primary N) is 1. The molecular formula is C9H9F2NO. The number of benzene rings is 1. The highest BCUT2D eigenvalue weighted by Crippen LogP contribution is 2.33. The molecule has 70 valence electrons. The number of rotatable bonds is 0. The summed E-state index contributed by atoms with van der Waals surface area (Å²) in [4.78, 5) is 0. The molecule has 0 amide bonds. The lowest BCUT2D eigenvalue weighted by molar-refractivity contribution is 0.254. The number of hydrogen-bond donors (Lipinski definition) is 1. The van der Waals surface area contributed by atoms with Crippen molar-refractivity contribution in [2.75, 3.05) is 6.61 Å². The number of hydrogen-bond acceptors (Lipinski definition) is 2. The van der Waals surface area contributed by atoms with Gasteiger partial charge in [-0.3, -0.25) is 0 Å². The molecule has 1 aliphatic rings. The zero-order chi connectivity index (χ0) is 9.42. The first-order valence-electron chi connectivity index (χ1n) is 4.06. The van der Waals surface area contributed by atoms with Crippen LogP contribution in [0.25, 0.3) is 0 Å². The lowest BCUT2D eigenvalue weighted by atomic mass is 10.0. The largest absolute Gasteiger partial charge is 0.490 e. The summed E-state index contributed by atoms with van der Waals surface area (Å²) >= 11 is 0. The van der Waals surface area contributed by atoms with E-state index in [9.17, 15) is 8.78 Å². The summed E-state index contributed by atoms with van der Waals surface area (Å²) in [5, 5.41) is 0. The molecule has 13 heavy (non-hydrogen) atoms. The highest BCUT2D eigenvalue weighted by Gasteiger charge is 2.22. The third kappa shape index (κ3) is 1.37. The number of ether oxygens (including phenoxy) is 1. The van der Waals surface area contributed by atoms with E-state index in [-0.39, 0.29) is 11.8 Å². The predicted octanol–water partition coefficient (Wildman–Crippen LogP) is 1.75. The van der Waals surface area contributed by atoms with E-state index in [1.54, 1.807) is 0 Å². The van der Waals surface area contributed by atoms with Crippen LogP contribution in [0, 0.1) is 11.6 Å². The zero-order valence-corrected chi connectivity index (χ0v) is 6.89. The summed E-state index contributed by atoms with van der Waals surface area (Å²) in [7, 11) is 0. The minimum Gasteiger partial charge on any atom is -0.490 e. The van der Waals surface area contributed by atoms with Crippen LogP contribution in [0.4, 0.5) is 8.78 Å². The van der Waals surface area contributed by atoms with E-state index in [0.717, 1.165) is 6.07 Å². The molecule has 0 unspecified atom stereocenters. The second kappa shape index (κ2) is 2.96. The molecule has 2 nitrogen and oxygen atoms in total. The van der Waals surface area contributed by atoms with Crippen molar-refractivity contribution in [2.24, 2.45) is 5.73 Å². The van der Waals surface area contributed by atoms with Gasteiger partial charge in [0.2, 0.25) is 0 Å². The smallest absolute Gasteiger partial charge is 0.168 e. The van der Waals surface area contributed by atoms with Crippen LogP contribution in [0.15, 0.2) is 12.1 Å². The second-order valence-electron chi connectivity index (χ2n) is 3.05. The molecule has 0 saturated heterocycles.